The zero-order chi connectivity index (χ0) is 59.2. The molecule has 0 aromatic carbocycles. The van der Waals surface area contributed by atoms with Gasteiger partial charge in [0.2, 0.25) is 0 Å². The molecule has 0 aromatic rings. The molecule has 4 N–H and O–H groups in total. The van der Waals surface area contributed by atoms with Gasteiger partial charge in [-0.25, -0.2) is 0 Å². The first-order valence-corrected chi connectivity index (χ1v) is 34.7. The summed E-state index contributed by atoms with van der Waals surface area (Å²) in [4.78, 5) is 12.4. The molecule has 10 heteroatoms. The monoisotopic (exact) mass is 1150 g/mol. The van der Waals surface area contributed by atoms with Crippen molar-refractivity contribution in [3.8, 4) is 0 Å². The molecule has 468 valence electrons. The third-order valence-corrected chi connectivity index (χ3v) is 29.0. The Morgan fingerprint density at radius 2 is 0.783 bits per heavy atom. The molecule has 12 unspecified atom stereocenters. The van der Waals surface area contributed by atoms with Crippen LogP contribution in [0.25, 0.3) is 0 Å². The second-order valence-electron chi connectivity index (χ2n) is 33.2. The van der Waals surface area contributed by atoms with Crippen LogP contribution < -0.4 is 0 Å². The van der Waals surface area contributed by atoms with Gasteiger partial charge in [0.1, 0.15) is 5.78 Å². The number of carbonyl (C=O) groups excluding carboxylic acids is 1. The summed E-state index contributed by atoms with van der Waals surface area (Å²) in [5, 5.41) is 42.6. The van der Waals surface area contributed by atoms with Gasteiger partial charge in [-0.1, -0.05) is 76.5 Å². The third-order valence-electron chi connectivity index (χ3n) is 29.0. The smallest absolute Gasteiger partial charge is 0.163 e. The Labute approximate surface area is 502 Å². The van der Waals surface area contributed by atoms with E-state index in [0.717, 1.165) is 83.3 Å². The number of aliphatic hydroxyl groups is 4. The van der Waals surface area contributed by atoms with E-state index in [1.165, 1.54) is 70.6 Å². The Morgan fingerprint density at radius 1 is 0.398 bits per heavy atom. The van der Waals surface area contributed by atoms with Crippen LogP contribution in [0, 0.1) is 104 Å². The van der Waals surface area contributed by atoms with Crippen LogP contribution in [0.15, 0.2) is 34.9 Å². The molecule has 0 radical (unpaired) electrons. The van der Waals surface area contributed by atoms with Crippen molar-refractivity contribution in [3.63, 3.8) is 0 Å². The lowest BCUT2D eigenvalue weighted by molar-refractivity contribution is -0.217. The Morgan fingerprint density at radius 3 is 1.22 bits per heavy atom. The molecule has 3 heterocycles. The van der Waals surface area contributed by atoms with E-state index in [4.69, 9.17) is 23.7 Å². The van der Waals surface area contributed by atoms with Crippen molar-refractivity contribution in [2.24, 2.45) is 104 Å². The van der Waals surface area contributed by atoms with Gasteiger partial charge in [-0.2, -0.15) is 0 Å². The first-order chi connectivity index (χ1) is 39.2. The Balaban J connectivity index is 0.000000118. The van der Waals surface area contributed by atoms with Crippen molar-refractivity contribution in [2.45, 2.75) is 298 Å². The molecule has 3 aliphatic heterocycles. The van der Waals surface area contributed by atoms with Crippen LogP contribution in [0.1, 0.15) is 238 Å². The van der Waals surface area contributed by atoms with Gasteiger partial charge in [0.25, 0.3) is 0 Å². The summed E-state index contributed by atoms with van der Waals surface area (Å²) in [6, 6.07) is 0. The van der Waals surface area contributed by atoms with E-state index in [9.17, 15) is 25.2 Å². The summed E-state index contributed by atoms with van der Waals surface area (Å²) in [5.41, 5.74) is 6.42. The molecular formula is C73H116O10. The number of hydrogen-bond donors (Lipinski definition) is 4. The minimum atomic E-state index is -0.678. The first-order valence-electron chi connectivity index (χ1n) is 34.7. The van der Waals surface area contributed by atoms with Crippen LogP contribution in [0.4, 0.5) is 0 Å². The van der Waals surface area contributed by atoms with E-state index in [0.29, 0.717) is 82.7 Å². The van der Waals surface area contributed by atoms with E-state index in [2.05, 4.69) is 108 Å². The number of hydrogen-bond acceptors (Lipinski definition) is 10. The van der Waals surface area contributed by atoms with Crippen LogP contribution in [-0.4, -0.2) is 99.8 Å². The quantitative estimate of drug-likeness (QED) is 0.173. The molecule has 12 saturated carbocycles. The van der Waals surface area contributed by atoms with Crippen LogP contribution in [0.5, 0.6) is 0 Å². The summed E-state index contributed by atoms with van der Waals surface area (Å²) in [6.07, 6.45) is 31.5. The minimum Gasteiger partial charge on any atom is -0.393 e. The Bertz CT molecular complexity index is 2490. The van der Waals surface area contributed by atoms with Crippen LogP contribution in [-0.2, 0) is 28.5 Å². The maximum Gasteiger partial charge on any atom is 0.163 e. The summed E-state index contributed by atoms with van der Waals surface area (Å²) >= 11 is 0. The summed E-state index contributed by atoms with van der Waals surface area (Å²) in [6.45, 7) is 31.7. The fourth-order valence-electron chi connectivity index (χ4n) is 24.9. The van der Waals surface area contributed by atoms with Gasteiger partial charge in [0.05, 0.1) is 48.8 Å². The molecule has 0 spiro atoms. The molecule has 15 fully saturated rings. The van der Waals surface area contributed by atoms with E-state index in [-0.39, 0.29) is 70.1 Å². The number of ether oxygens (including phenoxy) is 5. The number of aliphatic hydroxyl groups excluding tert-OH is 4. The number of ketones is 1. The van der Waals surface area contributed by atoms with Gasteiger partial charge in [-0.15, -0.1) is 0 Å². The van der Waals surface area contributed by atoms with E-state index < -0.39 is 23.8 Å². The molecule has 0 bridgehead atoms. The van der Waals surface area contributed by atoms with Crippen molar-refractivity contribution >= 4 is 5.78 Å². The van der Waals surface area contributed by atoms with Gasteiger partial charge in [-0.3, -0.25) is 4.79 Å². The standard InChI is InChI=1S/C24H38O3.C24H36O3.C21H34O3.C4H8O/c2*1-6-14-7-8-16-19-17(10-12-23(14,16)4)24(5)11-9-15(25)13-18(24)20-21(19)27-22(2,3)26-20;1-4-12-5-6-14-17-15(8-10-20(12,14)2)21(3)9-7-13(22)11-16(21)18(23)19(17)24;1-2-4-5-3-1/h6,15-21,25H,7-13H2,1-5H3;6,16-21H,7-13H2,1-5H3;4,13-19,22-24H,5-11H2,1-3H3;1-4H2/b2*14-6-;12-4-;/t15-,16?,17?,18?,19?,20-,21-,23-,24-;16?,17?,18?,19?,20-,21-,23-,24-;13-,14?,15?,16?,17?,18-,19-,20-,21-;/m111./s1. The molecule has 15 rings (SSSR count). The third kappa shape index (κ3) is 9.85. The fourth-order valence-corrected chi connectivity index (χ4v) is 24.9. The largest absolute Gasteiger partial charge is 0.393 e. The van der Waals surface area contributed by atoms with Crippen molar-refractivity contribution in [1.82, 2.24) is 0 Å². The van der Waals surface area contributed by atoms with Crippen molar-refractivity contribution in [3.05, 3.63) is 34.9 Å². The predicted octanol–water partition coefficient (Wildman–Crippen LogP) is 14.4. The highest BCUT2D eigenvalue weighted by Crippen LogP contribution is 2.72. The zero-order valence-corrected chi connectivity index (χ0v) is 54.2. The average Bonchev–Trinajstić information content (AvgIpc) is 1.91. The normalized spacial score (nSPS) is 55.1. The van der Waals surface area contributed by atoms with Crippen molar-refractivity contribution in [1.29, 1.82) is 0 Å². The number of Topliss-reactive ketones (excluding diaryl/α,β-unsaturated/α-hetero) is 1. The zero-order valence-electron chi connectivity index (χ0n) is 54.2. The predicted molar refractivity (Wildman–Crippen MR) is 325 cm³/mol. The van der Waals surface area contributed by atoms with E-state index in [1.807, 2.05) is 0 Å². The van der Waals surface area contributed by atoms with Crippen LogP contribution in [0.2, 0.25) is 0 Å². The average molecular weight is 1150 g/mol. The van der Waals surface area contributed by atoms with Crippen LogP contribution >= 0.6 is 0 Å². The topological polar surface area (TPSA) is 144 Å². The maximum absolute atomic E-state index is 12.4. The summed E-state index contributed by atoms with van der Waals surface area (Å²) < 4.78 is 31.3. The van der Waals surface area contributed by atoms with Crippen molar-refractivity contribution in [2.75, 3.05) is 13.2 Å². The molecule has 83 heavy (non-hydrogen) atoms. The second-order valence-corrected chi connectivity index (χ2v) is 33.2. The number of carbonyl (C=O) groups is 1. The van der Waals surface area contributed by atoms with E-state index >= 15 is 0 Å². The molecule has 12 aliphatic carbocycles. The minimum absolute atomic E-state index is 0.0458. The highest BCUT2D eigenvalue weighted by Gasteiger charge is 2.71. The summed E-state index contributed by atoms with van der Waals surface area (Å²) in [7, 11) is 0. The SMILES string of the molecule is C/C=C1/CCC2C3C(CC[C@]12C)[C@@]1(C)CCC(=O)CC1[C@H]1OC(C)(C)O[C@H]31.C/C=C1/CCC2C3C(CC[C@]12C)[C@@]1(C)CC[C@@H](O)CC1[C@@H](O)[C@@H]3O.C/C=C1/CCC2C3C(CC[C@]12C)[C@@]1(C)CC[C@@H](O)CC1[C@H]1OC(C)(C)O[C@H]31.C1CCOC1. The molecule has 0 amide bonds. The highest BCUT2D eigenvalue weighted by molar-refractivity contribution is 5.80. The molecule has 26 atom stereocenters. The summed E-state index contributed by atoms with van der Waals surface area (Å²) in [5.74, 6) is 5.39. The molecule has 0 aromatic heterocycles. The Kier molecular flexibility index (Phi) is 16.5. The van der Waals surface area contributed by atoms with Gasteiger partial charge in [0.15, 0.2) is 11.6 Å². The number of rotatable bonds is 0. The van der Waals surface area contributed by atoms with Gasteiger partial charge in [-0.05, 0) is 281 Å². The molecule has 15 aliphatic rings. The first kappa shape index (κ1) is 61.8. The van der Waals surface area contributed by atoms with Crippen molar-refractivity contribution < 1.29 is 48.9 Å². The highest BCUT2D eigenvalue weighted by atomic mass is 16.8. The number of allylic oxidation sites excluding steroid dienone is 6. The van der Waals surface area contributed by atoms with Gasteiger partial charge in [0, 0.05) is 32.0 Å². The molecule has 3 saturated heterocycles. The van der Waals surface area contributed by atoms with Gasteiger partial charge >= 0.3 is 0 Å². The molecular weight excluding hydrogens is 1040 g/mol. The Hall–Kier alpha value is -1.47. The fraction of sp³-hybridized carbons (Fsp3) is 0.904. The van der Waals surface area contributed by atoms with Crippen LogP contribution in [0.3, 0.4) is 0 Å². The lowest BCUT2D eigenvalue weighted by Gasteiger charge is -2.63. The maximum atomic E-state index is 12.4. The lowest BCUT2D eigenvalue weighted by Crippen LogP contribution is -2.63. The number of fused-ring (bicyclic) bond motifs is 21. The van der Waals surface area contributed by atoms with E-state index in [1.54, 1.807) is 16.7 Å². The van der Waals surface area contributed by atoms with Gasteiger partial charge < -0.3 is 44.1 Å². The molecule has 10 nitrogen and oxygen atoms in total. The second kappa shape index (κ2) is 22.2. The lowest BCUT2D eigenvalue weighted by atomic mass is 9.43.